The Morgan fingerprint density at radius 2 is 2.00 bits per heavy atom. The summed E-state index contributed by atoms with van der Waals surface area (Å²) in [6.07, 6.45) is 0. The van der Waals surface area contributed by atoms with E-state index in [1.165, 1.54) is 11.8 Å². The summed E-state index contributed by atoms with van der Waals surface area (Å²) in [5.74, 6) is 1.35. The van der Waals surface area contributed by atoms with Gasteiger partial charge < -0.3 is 14.8 Å². The molecule has 0 bridgehead atoms. The molecule has 2 aromatic rings. The highest BCUT2D eigenvalue weighted by molar-refractivity contribution is 8.00. The molecular weight excluding hydrogens is 369 g/mol. The number of fused-ring (bicyclic) bond motifs is 1. The maximum atomic E-state index is 12.3. The van der Waals surface area contributed by atoms with Gasteiger partial charge in [0.2, 0.25) is 12.7 Å². The number of hydrogen-bond acceptors (Lipinski definition) is 4. The zero-order valence-corrected chi connectivity index (χ0v) is 15.2. The molecule has 1 N–H and O–H groups in total. The van der Waals surface area contributed by atoms with E-state index in [1.807, 2.05) is 25.1 Å². The summed E-state index contributed by atoms with van der Waals surface area (Å²) < 4.78 is 10.6. The highest BCUT2D eigenvalue weighted by Crippen LogP contribution is 2.33. The topological polar surface area (TPSA) is 47.6 Å². The van der Waals surface area contributed by atoms with Gasteiger partial charge in [-0.2, -0.15) is 0 Å². The van der Waals surface area contributed by atoms with Crippen LogP contribution in [0.15, 0.2) is 41.3 Å². The lowest BCUT2D eigenvalue weighted by Crippen LogP contribution is -2.30. The molecule has 0 unspecified atom stereocenters. The Bertz CT molecular complexity index is 769. The molecule has 0 fully saturated rings. The lowest BCUT2D eigenvalue weighted by atomic mass is 10.2. The third-order valence-electron chi connectivity index (χ3n) is 3.47. The second kappa shape index (κ2) is 7.55. The maximum Gasteiger partial charge on any atom is 0.233 e. The largest absolute Gasteiger partial charge is 0.454 e. The lowest BCUT2D eigenvalue weighted by molar-refractivity contribution is -0.120. The van der Waals surface area contributed by atoms with Crippen molar-refractivity contribution in [2.75, 3.05) is 6.79 Å². The molecule has 3 rings (SSSR count). The molecular formula is C17H15Cl2NO3S. The van der Waals surface area contributed by atoms with Gasteiger partial charge in [-0.1, -0.05) is 29.3 Å². The first kappa shape index (κ1) is 17.3. The number of benzene rings is 2. The number of hydrogen-bond donors (Lipinski definition) is 1. The first-order valence-corrected chi connectivity index (χ1v) is 8.94. The van der Waals surface area contributed by atoms with Gasteiger partial charge in [0.05, 0.1) is 10.3 Å². The van der Waals surface area contributed by atoms with Crippen LogP contribution in [-0.4, -0.2) is 18.0 Å². The third kappa shape index (κ3) is 4.09. The fourth-order valence-corrected chi connectivity index (χ4v) is 3.63. The molecule has 1 aliphatic heterocycles. The monoisotopic (exact) mass is 383 g/mol. The Labute approximate surface area is 154 Å². The van der Waals surface area contributed by atoms with Crippen LogP contribution in [0.4, 0.5) is 0 Å². The SMILES string of the molecule is C[C@H](Sc1cc(Cl)ccc1Cl)C(=O)NCc1ccc2c(c1)OCO2. The number of halogens is 2. The number of amides is 1. The molecule has 7 heteroatoms. The molecule has 2 aromatic carbocycles. The smallest absolute Gasteiger partial charge is 0.233 e. The highest BCUT2D eigenvalue weighted by Gasteiger charge is 2.17. The van der Waals surface area contributed by atoms with Crippen molar-refractivity contribution in [1.82, 2.24) is 5.32 Å². The van der Waals surface area contributed by atoms with Crippen LogP contribution in [-0.2, 0) is 11.3 Å². The molecule has 24 heavy (non-hydrogen) atoms. The average molecular weight is 384 g/mol. The molecule has 1 amide bonds. The molecule has 1 aliphatic rings. The van der Waals surface area contributed by atoms with Crippen LogP contribution in [0.5, 0.6) is 11.5 Å². The van der Waals surface area contributed by atoms with Gasteiger partial charge in [-0.25, -0.2) is 0 Å². The summed E-state index contributed by atoms with van der Waals surface area (Å²) in [6, 6.07) is 10.8. The van der Waals surface area contributed by atoms with Gasteiger partial charge in [-0.15, -0.1) is 11.8 Å². The predicted molar refractivity (Wildman–Crippen MR) is 96.2 cm³/mol. The maximum absolute atomic E-state index is 12.3. The molecule has 0 aromatic heterocycles. The fraction of sp³-hybridized carbons (Fsp3) is 0.235. The van der Waals surface area contributed by atoms with Crippen LogP contribution in [0.1, 0.15) is 12.5 Å². The van der Waals surface area contributed by atoms with Crippen molar-refractivity contribution in [3.63, 3.8) is 0 Å². The third-order valence-corrected chi connectivity index (χ3v) is 5.31. The molecule has 1 atom stereocenters. The van der Waals surface area contributed by atoms with Gasteiger partial charge >= 0.3 is 0 Å². The van der Waals surface area contributed by atoms with Crippen molar-refractivity contribution in [2.45, 2.75) is 23.6 Å². The zero-order valence-electron chi connectivity index (χ0n) is 12.8. The number of rotatable bonds is 5. The summed E-state index contributed by atoms with van der Waals surface area (Å²) in [5, 5.41) is 3.79. The van der Waals surface area contributed by atoms with Crippen LogP contribution in [0, 0.1) is 0 Å². The Morgan fingerprint density at radius 3 is 2.83 bits per heavy atom. The molecule has 0 radical (unpaired) electrons. The summed E-state index contributed by atoms with van der Waals surface area (Å²) in [6.45, 7) is 2.49. The first-order chi connectivity index (χ1) is 11.5. The van der Waals surface area contributed by atoms with Crippen molar-refractivity contribution >= 4 is 40.9 Å². The number of thioether (sulfide) groups is 1. The van der Waals surface area contributed by atoms with Crippen LogP contribution >= 0.6 is 35.0 Å². The van der Waals surface area contributed by atoms with Crippen molar-refractivity contribution in [1.29, 1.82) is 0 Å². The molecule has 126 valence electrons. The number of ether oxygens (including phenoxy) is 2. The highest BCUT2D eigenvalue weighted by atomic mass is 35.5. The Kier molecular flexibility index (Phi) is 5.43. The van der Waals surface area contributed by atoms with Crippen molar-refractivity contribution in [3.05, 3.63) is 52.0 Å². The molecule has 0 aliphatic carbocycles. The van der Waals surface area contributed by atoms with Gasteiger partial charge in [-0.05, 0) is 42.8 Å². The lowest BCUT2D eigenvalue weighted by Gasteiger charge is -2.13. The summed E-state index contributed by atoms with van der Waals surface area (Å²) in [4.78, 5) is 13.1. The Balaban J connectivity index is 1.57. The molecule has 4 nitrogen and oxygen atoms in total. The zero-order chi connectivity index (χ0) is 17.1. The van der Waals surface area contributed by atoms with E-state index in [9.17, 15) is 4.79 Å². The minimum Gasteiger partial charge on any atom is -0.454 e. The minimum absolute atomic E-state index is 0.0753. The predicted octanol–water partition coefficient (Wildman–Crippen LogP) is 4.52. The number of carbonyl (C=O) groups excluding carboxylic acids is 1. The Hall–Kier alpha value is -1.56. The second-order valence-corrected chi connectivity index (χ2v) is 7.47. The summed E-state index contributed by atoms with van der Waals surface area (Å²) >= 11 is 13.5. The molecule has 0 saturated heterocycles. The van der Waals surface area contributed by atoms with Crippen LogP contribution in [0.2, 0.25) is 10.0 Å². The number of nitrogens with one attached hydrogen (secondary N) is 1. The Morgan fingerprint density at radius 1 is 1.21 bits per heavy atom. The quantitative estimate of drug-likeness (QED) is 0.771. The van der Waals surface area contributed by atoms with E-state index in [0.717, 1.165) is 16.2 Å². The van der Waals surface area contributed by atoms with E-state index in [1.54, 1.807) is 18.2 Å². The normalized spacial score (nSPS) is 13.6. The number of carbonyl (C=O) groups is 1. The standard InChI is InChI=1S/C17H15Cl2NO3S/c1-10(24-16-7-12(18)3-4-13(16)19)17(21)20-8-11-2-5-14-15(6-11)23-9-22-14/h2-7,10H,8-9H2,1H3,(H,20,21)/t10-/m0/s1. The van der Waals surface area contributed by atoms with Crippen molar-refractivity contribution in [2.24, 2.45) is 0 Å². The van der Waals surface area contributed by atoms with Crippen LogP contribution in [0.3, 0.4) is 0 Å². The van der Waals surface area contributed by atoms with E-state index in [4.69, 9.17) is 32.7 Å². The molecule has 0 saturated carbocycles. The second-order valence-electron chi connectivity index (χ2n) is 5.24. The first-order valence-electron chi connectivity index (χ1n) is 7.31. The van der Waals surface area contributed by atoms with Crippen LogP contribution in [0.25, 0.3) is 0 Å². The molecule has 0 spiro atoms. The van der Waals surface area contributed by atoms with Gasteiger partial charge in [0, 0.05) is 16.5 Å². The van der Waals surface area contributed by atoms with Gasteiger partial charge in [0.15, 0.2) is 11.5 Å². The van der Waals surface area contributed by atoms with Crippen molar-refractivity contribution in [3.8, 4) is 11.5 Å². The summed E-state index contributed by atoms with van der Waals surface area (Å²) in [7, 11) is 0. The van der Waals surface area contributed by atoms with Crippen molar-refractivity contribution < 1.29 is 14.3 Å². The molecule has 1 heterocycles. The van der Waals surface area contributed by atoms with E-state index < -0.39 is 0 Å². The summed E-state index contributed by atoms with van der Waals surface area (Å²) in [5.41, 5.74) is 0.950. The fourth-order valence-electron chi connectivity index (χ4n) is 2.20. The minimum atomic E-state index is -0.296. The van der Waals surface area contributed by atoms with E-state index in [0.29, 0.717) is 22.3 Å². The van der Waals surface area contributed by atoms with E-state index in [-0.39, 0.29) is 18.0 Å². The van der Waals surface area contributed by atoms with Gasteiger partial charge in [0.25, 0.3) is 0 Å². The average Bonchev–Trinajstić information content (AvgIpc) is 3.03. The van der Waals surface area contributed by atoms with Gasteiger partial charge in [0.1, 0.15) is 0 Å². The van der Waals surface area contributed by atoms with Crippen LogP contribution < -0.4 is 14.8 Å². The van der Waals surface area contributed by atoms with Gasteiger partial charge in [-0.3, -0.25) is 4.79 Å². The van der Waals surface area contributed by atoms with E-state index >= 15 is 0 Å². The van der Waals surface area contributed by atoms with E-state index in [2.05, 4.69) is 5.32 Å².